The van der Waals surface area contributed by atoms with Gasteiger partial charge in [-0.25, -0.2) is 9.59 Å². The molecule has 2 rings (SSSR count). The second kappa shape index (κ2) is 7.76. The molecule has 0 radical (unpaired) electrons. The van der Waals surface area contributed by atoms with E-state index in [1.165, 1.54) is 7.11 Å². The fourth-order valence-corrected chi connectivity index (χ4v) is 2.78. The number of ether oxygens (including phenoxy) is 3. The summed E-state index contributed by atoms with van der Waals surface area (Å²) in [6.45, 7) is 8.44. The summed E-state index contributed by atoms with van der Waals surface area (Å²) in [7, 11) is 1.35. The van der Waals surface area contributed by atoms with Crippen LogP contribution < -0.4 is 4.74 Å². The molecule has 1 aliphatic rings. The van der Waals surface area contributed by atoms with E-state index in [1.54, 1.807) is 11.0 Å². The third-order valence-electron chi connectivity index (χ3n) is 4.06. The van der Waals surface area contributed by atoms with Gasteiger partial charge in [-0.2, -0.15) is 0 Å². The Balaban J connectivity index is 2.00. The Hall–Kier alpha value is -2.24. The third-order valence-corrected chi connectivity index (χ3v) is 4.06. The molecule has 1 heterocycles. The van der Waals surface area contributed by atoms with E-state index in [4.69, 9.17) is 14.2 Å². The monoisotopic (exact) mass is 349 g/mol. The molecule has 25 heavy (non-hydrogen) atoms. The summed E-state index contributed by atoms with van der Waals surface area (Å²) in [6.07, 6.45) is 1.49. The Morgan fingerprint density at radius 2 is 2.00 bits per heavy atom. The minimum atomic E-state index is -0.516. The summed E-state index contributed by atoms with van der Waals surface area (Å²) in [6, 6.07) is 5.28. The minimum absolute atomic E-state index is 0.0299. The Bertz CT molecular complexity index is 635. The van der Waals surface area contributed by atoms with Gasteiger partial charge in [0.2, 0.25) is 0 Å². The van der Waals surface area contributed by atoms with Crippen molar-refractivity contribution < 1.29 is 23.8 Å². The maximum atomic E-state index is 12.3. The minimum Gasteiger partial charge on any atom is -0.491 e. The first-order valence-corrected chi connectivity index (χ1v) is 8.52. The highest BCUT2D eigenvalue weighted by Crippen LogP contribution is 2.23. The van der Waals surface area contributed by atoms with Crippen LogP contribution in [-0.2, 0) is 9.47 Å². The van der Waals surface area contributed by atoms with Crippen molar-refractivity contribution in [1.29, 1.82) is 0 Å². The zero-order valence-corrected chi connectivity index (χ0v) is 15.6. The molecular weight excluding hydrogens is 322 g/mol. The van der Waals surface area contributed by atoms with Crippen LogP contribution in [0.3, 0.4) is 0 Å². The number of likely N-dealkylation sites (tertiary alicyclic amines) is 1. The Kier molecular flexibility index (Phi) is 5.93. The molecule has 6 nitrogen and oxygen atoms in total. The summed E-state index contributed by atoms with van der Waals surface area (Å²) in [5.41, 5.74) is 0.795. The number of amides is 1. The first-order valence-electron chi connectivity index (χ1n) is 8.52. The molecule has 1 aliphatic heterocycles. The van der Waals surface area contributed by atoms with Crippen LogP contribution in [0.15, 0.2) is 18.2 Å². The molecule has 6 heteroatoms. The van der Waals surface area contributed by atoms with Crippen molar-refractivity contribution in [3.8, 4) is 5.75 Å². The molecule has 0 spiro atoms. The molecule has 0 bridgehead atoms. The standard InChI is InChI=1S/C19H27NO5/c1-13-8-9-15(11-16(13)17(21)23-5)24-12-14-7-6-10-20(14)18(22)25-19(2,3)4/h8-9,11,14H,6-7,10,12H2,1-5H3/t14-/m1/s1. The van der Waals surface area contributed by atoms with E-state index in [2.05, 4.69) is 0 Å². The third kappa shape index (κ3) is 5.11. The molecule has 0 aliphatic carbocycles. The number of hydrogen-bond acceptors (Lipinski definition) is 5. The largest absolute Gasteiger partial charge is 0.491 e. The van der Waals surface area contributed by atoms with E-state index in [1.807, 2.05) is 39.8 Å². The predicted molar refractivity (Wildman–Crippen MR) is 94.0 cm³/mol. The smallest absolute Gasteiger partial charge is 0.410 e. The molecule has 1 atom stereocenters. The zero-order chi connectivity index (χ0) is 18.6. The fraction of sp³-hybridized carbons (Fsp3) is 0.579. The Morgan fingerprint density at radius 3 is 2.64 bits per heavy atom. The molecule has 1 aromatic carbocycles. The molecular formula is C19H27NO5. The number of nitrogens with zero attached hydrogens (tertiary/aromatic N) is 1. The Labute approximate surface area is 149 Å². The van der Waals surface area contributed by atoms with Crippen LogP contribution in [0.5, 0.6) is 5.75 Å². The van der Waals surface area contributed by atoms with E-state index in [0.717, 1.165) is 18.4 Å². The maximum absolute atomic E-state index is 12.3. The lowest BCUT2D eigenvalue weighted by atomic mass is 10.1. The van der Waals surface area contributed by atoms with Gasteiger partial charge in [0.25, 0.3) is 0 Å². The van der Waals surface area contributed by atoms with Crippen molar-refractivity contribution in [2.24, 2.45) is 0 Å². The highest BCUT2D eigenvalue weighted by molar-refractivity contribution is 5.91. The number of carbonyl (C=O) groups is 2. The van der Waals surface area contributed by atoms with Crippen molar-refractivity contribution in [3.05, 3.63) is 29.3 Å². The Morgan fingerprint density at radius 1 is 1.28 bits per heavy atom. The number of methoxy groups -OCH3 is 1. The quantitative estimate of drug-likeness (QED) is 0.778. The average Bonchev–Trinajstić information content (AvgIpc) is 3.00. The summed E-state index contributed by atoms with van der Waals surface area (Å²) < 4.78 is 16.1. The molecule has 1 fully saturated rings. The van der Waals surface area contributed by atoms with Gasteiger partial charge in [-0.1, -0.05) is 6.07 Å². The summed E-state index contributed by atoms with van der Waals surface area (Å²) >= 11 is 0. The van der Waals surface area contributed by atoms with Gasteiger partial charge in [0.1, 0.15) is 18.0 Å². The van der Waals surface area contributed by atoms with Crippen molar-refractivity contribution in [2.45, 2.75) is 52.2 Å². The van der Waals surface area contributed by atoms with Crippen LogP contribution in [0, 0.1) is 6.92 Å². The van der Waals surface area contributed by atoms with Crippen LogP contribution in [0.25, 0.3) is 0 Å². The van der Waals surface area contributed by atoms with Crippen LogP contribution in [0.4, 0.5) is 4.79 Å². The molecule has 1 aromatic rings. The van der Waals surface area contributed by atoms with E-state index in [0.29, 0.717) is 24.5 Å². The number of aryl methyl sites for hydroxylation is 1. The van der Waals surface area contributed by atoms with Crippen molar-refractivity contribution in [1.82, 2.24) is 4.90 Å². The van der Waals surface area contributed by atoms with Crippen molar-refractivity contribution >= 4 is 12.1 Å². The fourth-order valence-electron chi connectivity index (χ4n) is 2.78. The van der Waals surface area contributed by atoms with Gasteiger partial charge in [0.05, 0.1) is 18.7 Å². The molecule has 0 unspecified atom stereocenters. The highest BCUT2D eigenvalue weighted by Gasteiger charge is 2.32. The lowest BCUT2D eigenvalue weighted by Gasteiger charge is -2.28. The number of hydrogen-bond donors (Lipinski definition) is 0. The highest BCUT2D eigenvalue weighted by atomic mass is 16.6. The summed E-state index contributed by atoms with van der Waals surface area (Å²) in [5.74, 6) is 0.196. The van der Waals surface area contributed by atoms with Crippen LogP contribution in [0.1, 0.15) is 49.5 Å². The van der Waals surface area contributed by atoms with Crippen LogP contribution in [0.2, 0.25) is 0 Å². The average molecular weight is 349 g/mol. The summed E-state index contributed by atoms with van der Waals surface area (Å²) in [5, 5.41) is 0. The second-order valence-electron chi connectivity index (χ2n) is 7.25. The van der Waals surface area contributed by atoms with Crippen molar-refractivity contribution in [2.75, 3.05) is 20.3 Å². The van der Waals surface area contributed by atoms with E-state index >= 15 is 0 Å². The number of carbonyl (C=O) groups excluding carboxylic acids is 2. The SMILES string of the molecule is COC(=O)c1cc(OC[C@H]2CCCN2C(=O)OC(C)(C)C)ccc1C. The molecule has 1 amide bonds. The van der Waals surface area contributed by atoms with Gasteiger partial charge >= 0.3 is 12.1 Å². The van der Waals surface area contributed by atoms with Gasteiger partial charge < -0.3 is 19.1 Å². The van der Waals surface area contributed by atoms with Crippen LogP contribution >= 0.6 is 0 Å². The molecule has 0 N–H and O–H groups in total. The van der Waals surface area contributed by atoms with Crippen LogP contribution in [-0.4, -0.2) is 48.9 Å². The number of rotatable bonds is 4. The number of esters is 1. The van der Waals surface area contributed by atoms with Gasteiger partial charge in [0.15, 0.2) is 0 Å². The van der Waals surface area contributed by atoms with Gasteiger partial charge in [-0.05, 0) is 58.2 Å². The van der Waals surface area contributed by atoms with E-state index in [-0.39, 0.29) is 18.1 Å². The molecule has 0 aromatic heterocycles. The van der Waals surface area contributed by atoms with E-state index < -0.39 is 5.60 Å². The zero-order valence-electron chi connectivity index (χ0n) is 15.6. The molecule has 1 saturated heterocycles. The lowest BCUT2D eigenvalue weighted by molar-refractivity contribution is 0.0187. The number of benzene rings is 1. The summed E-state index contributed by atoms with van der Waals surface area (Å²) in [4.78, 5) is 25.8. The first-order chi connectivity index (χ1) is 11.7. The van der Waals surface area contributed by atoms with Gasteiger partial charge in [0, 0.05) is 6.54 Å². The lowest BCUT2D eigenvalue weighted by Crippen LogP contribution is -2.42. The predicted octanol–water partition coefficient (Wildman–Crippen LogP) is 3.56. The second-order valence-corrected chi connectivity index (χ2v) is 7.25. The van der Waals surface area contributed by atoms with E-state index in [9.17, 15) is 9.59 Å². The van der Waals surface area contributed by atoms with Gasteiger partial charge in [-0.15, -0.1) is 0 Å². The van der Waals surface area contributed by atoms with Gasteiger partial charge in [-0.3, -0.25) is 0 Å². The van der Waals surface area contributed by atoms with Crippen molar-refractivity contribution in [3.63, 3.8) is 0 Å². The normalized spacial score (nSPS) is 17.3. The topological polar surface area (TPSA) is 65.1 Å². The molecule has 138 valence electrons. The molecule has 0 saturated carbocycles. The maximum Gasteiger partial charge on any atom is 0.410 e. The first kappa shape index (κ1) is 19.1.